The number of pyridine rings is 1. The monoisotopic (exact) mass is 245 g/mol. The molecule has 2 saturated heterocycles. The zero-order chi connectivity index (χ0) is 12.4. The predicted molar refractivity (Wildman–Crippen MR) is 68.9 cm³/mol. The van der Waals surface area contributed by atoms with Gasteiger partial charge in [-0.25, -0.2) is 0 Å². The van der Waals surface area contributed by atoms with Crippen LogP contribution in [-0.2, 0) is 11.3 Å². The maximum absolute atomic E-state index is 12.1. The second-order valence-corrected chi connectivity index (χ2v) is 5.34. The van der Waals surface area contributed by atoms with E-state index in [1.165, 1.54) is 12.0 Å². The lowest BCUT2D eigenvalue weighted by Gasteiger charge is -2.42. The van der Waals surface area contributed by atoms with E-state index in [0.717, 1.165) is 32.5 Å². The van der Waals surface area contributed by atoms with Crippen LogP contribution in [0.4, 0.5) is 0 Å². The van der Waals surface area contributed by atoms with Crippen LogP contribution >= 0.6 is 0 Å². The van der Waals surface area contributed by atoms with Gasteiger partial charge in [0.1, 0.15) is 0 Å². The molecule has 3 heterocycles. The Balaban J connectivity index is 1.81. The summed E-state index contributed by atoms with van der Waals surface area (Å²) in [5.74, 6) is 0.301. The van der Waals surface area contributed by atoms with Crippen molar-refractivity contribution in [1.29, 1.82) is 0 Å². The minimum atomic E-state index is 0.0681. The van der Waals surface area contributed by atoms with Crippen molar-refractivity contribution in [3.8, 4) is 0 Å². The van der Waals surface area contributed by atoms with Gasteiger partial charge in [-0.3, -0.25) is 9.78 Å². The lowest BCUT2D eigenvalue weighted by molar-refractivity contribution is -0.132. The predicted octanol–water partition coefficient (Wildman–Crippen LogP) is 1.33. The number of carbonyl (C=O) groups is 1. The molecule has 96 valence electrons. The number of rotatable bonds is 2. The van der Waals surface area contributed by atoms with Gasteiger partial charge < -0.3 is 10.2 Å². The molecule has 1 aromatic heterocycles. The van der Waals surface area contributed by atoms with E-state index in [0.29, 0.717) is 12.3 Å². The van der Waals surface area contributed by atoms with Crippen LogP contribution < -0.4 is 5.32 Å². The molecule has 1 amide bonds. The van der Waals surface area contributed by atoms with Gasteiger partial charge in [-0.05, 0) is 43.5 Å². The third-order valence-electron chi connectivity index (χ3n) is 4.22. The van der Waals surface area contributed by atoms with Crippen LogP contribution in [0.15, 0.2) is 24.5 Å². The minimum Gasteiger partial charge on any atom is -0.331 e. The number of amides is 1. The Bertz CT molecular complexity index is 426. The quantitative estimate of drug-likeness (QED) is 0.855. The van der Waals surface area contributed by atoms with Crippen molar-refractivity contribution in [2.75, 3.05) is 13.1 Å². The van der Waals surface area contributed by atoms with E-state index in [-0.39, 0.29) is 5.54 Å². The Hall–Kier alpha value is -1.42. The number of likely N-dealkylation sites (tertiary alicyclic amines) is 1. The largest absolute Gasteiger partial charge is 0.331 e. The van der Waals surface area contributed by atoms with E-state index < -0.39 is 0 Å². The second-order valence-electron chi connectivity index (χ2n) is 5.34. The summed E-state index contributed by atoms with van der Waals surface area (Å²) < 4.78 is 0. The van der Waals surface area contributed by atoms with Crippen LogP contribution in [0, 0.1) is 0 Å². The fourth-order valence-electron chi connectivity index (χ4n) is 3.20. The minimum absolute atomic E-state index is 0.0681. The Kier molecular flexibility index (Phi) is 3.04. The van der Waals surface area contributed by atoms with Crippen molar-refractivity contribution >= 4 is 5.91 Å². The van der Waals surface area contributed by atoms with Gasteiger partial charge in [-0.15, -0.1) is 0 Å². The average Bonchev–Trinajstić information content (AvgIpc) is 2.71. The van der Waals surface area contributed by atoms with Crippen LogP contribution in [-0.4, -0.2) is 34.4 Å². The molecule has 0 aromatic carbocycles. The smallest absolute Gasteiger partial charge is 0.223 e. The first kappa shape index (κ1) is 11.7. The molecule has 18 heavy (non-hydrogen) atoms. The van der Waals surface area contributed by atoms with Gasteiger partial charge in [-0.2, -0.15) is 0 Å². The number of nitrogens with one attached hydrogen (secondary N) is 1. The lowest BCUT2D eigenvalue weighted by Crippen LogP contribution is -2.54. The summed E-state index contributed by atoms with van der Waals surface area (Å²) >= 11 is 0. The number of nitrogens with zero attached hydrogens (tertiary/aromatic N) is 2. The molecule has 1 atom stereocenters. The highest BCUT2D eigenvalue weighted by Gasteiger charge is 2.45. The van der Waals surface area contributed by atoms with Gasteiger partial charge in [0.15, 0.2) is 0 Å². The van der Waals surface area contributed by atoms with Gasteiger partial charge in [-0.1, -0.05) is 0 Å². The topological polar surface area (TPSA) is 45.2 Å². The molecule has 4 nitrogen and oxygen atoms in total. The van der Waals surface area contributed by atoms with Gasteiger partial charge in [0.25, 0.3) is 0 Å². The van der Waals surface area contributed by atoms with E-state index >= 15 is 0 Å². The highest BCUT2D eigenvalue weighted by atomic mass is 16.2. The summed E-state index contributed by atoms with van der Waals surface area (Å²) in [6.45, 7) is 2.76. The normalized spacial score (nSPS) is 28.0. The molecule has 3 rings (SSSR count). The van der Waals surface area contributed by atoms with Crippen LogP contribution in [0.3, 0.4) is 0 Å². The number of hydrogen-bond donors (Lipinski definition) is 1. The van der Waals surface area contributed by atoms with E-state index in [9.17, 15) is 4.79 Å². The summed E-state index contributed by atoms with van der Waals surface area (Å²) in [7, 11) is 0. The highest BCUT2D eigenvalue weighted by molar-refractivity contribution is 5.79. The summed E-state index contributed by atoms with van der Waals surface area (Å²) in [6, 6.07) is 3.99. The van der Waals surface area contributed by atoms with Gasteiger partial charge in [0.05, 0.1) is 5.54 Å². The first-order valence-corrected chi connectivity index (χ1v) is 6.70. The van der Waals surface area contributed by atoms with Crippen molar-refractivity contribution in [2.24, 2.45) is 0 Å². The molecule has 4 heteroatoms. The SMILES string of the molecule is O=C1CC[C@@]2(CCCNC2)N1Cc1ccncc1. The number of hydrogen-bond acceptors (Lipinski definition) is 3. The Morgan fingerprint density at radius 1 is 1.33 bits per heavy atom. The molecular formula is C14H19N3O. The van der Waals surface area contributed by atoms with Crippen molar-refractivity contribution in [1.82, 2.24) is 15.2 Å². The van der Waals surface area contributed by atoms with Crippen LogP contribution in [0.2, 0.25) is 0 Å². The average molecular weight is 245 g/mol. The summed E-state index contributed by atoms with van der Waals surface area (Å²) in [4.78, 5) is 18.3. The van der Waals surface area contributed by atoms with E-state index in [1.807, 2.05) is 12.1 Å². The molecule has 0 unspecified atom stereocenters. The molecule has 1 spiro atoms. The highest BCUT2D eigenvalue weighted by Crippen LogP contribution is 2.36. The van der Waals surface area contributed by atoms with E-state index in [2.05, 4.69) is 15.2 Å². The van der Waals surface area contributed by atoms with Crippen molar-refractivity contribution < 1.29 is 4.79 Å². The Labute approximate surface area is 107 Å². The van der Waals surface area contributed by atoms with Crippen molar-refractivity contribution in [3.05, 3.63) is 30.1 Å². The molecule has 0 saturated carbocycles. The second kappa shape index (κ2) is 4.69. The Morgan fingerprint density at radius 3 is 2.89 bits per heavy atom. The zero-order valence-electron chi connectivity index (χ0n) is 10.6. The van der Waals surface area contributed by atoms with Crippen molar-refractivity contribution in [3.63, 3.8) is 0 Å². The number of piperidine rings is 1. The first-order valence-electron chi connectivity index (χ1n) is 6.70. The molecule has 0 radical (unpaired) electrons. The summed E-state index contributed by atoms with van der Waals surface area (Å²) in [5.41, 5.74) is 1.24. The fraction of sp³-hybridized carbons (Fsp3) is 0.571. The maximum Gasteiger partial charge on any atom is 0.223 e. The van der Waals surface area contributed by atoms with Gasteiger partial charge >= 0.3 is 0 Å². The third-order valence-corrected chi connectivity index (χ3v) is 4.22. The molecular weight excluding hydrogens is 226 g/mol. The molecule has 2 fully saturated rings. The molecule has 2 aliphatic heterocycles. The Morgan fingerprint density at radius 2 is 2.17 bits per heavy atom. The third kappa shape index (κ3) is 2.01. The number of carbonyl (C=O) groups excluding carboxylic acids is 1. The fourth-order valence-corrected chi connectivity index (χ4v) is 3.20. The van der Waals surface area contributed by atoms with Crippen LogP contribution in [0.1, 0.15) is 31.2 Å². The van der Waals surface area contributed by atoms with Gasteiger partial charge in [0, 0.05) is 31.9 Å². The lowest BCUT2D eigenvalue weighted by atomic mass is 9.87. The maximum atomic E-state index is 12.1. The van der Waals surface area contributed by atoms with Crippen LogP contribution in [0.5, 0.6) is 0 Å². The van der Waals surface area contributed by atoms with Crippen LogP contribution in [0.25, 0.3) is 0 Å². The van der Waals surface area contributed by atoms with E-state index in [4.69, 9.17) is 0 Å². The zero-order valence-corrected chi connectivity index (χ0v) is 10.6. The molecule has 1 N–H and O–H groups in total. The molecule has 0 aliphatic carbocycles. The summed E-state index contributed by atoms with van der Waals surface area (Å²) in [5, 5.41) is 3.45. The van der Waals surface area contributed by atoms with Gasteiger partial charge in [0.2, 0.25) is 5.91 Å². The standard InChI is InChI=1S/C14H19N3O/c18-13-2-6-14(5-1-7-16-11-14)17(13)10-12-3-8-15-9-4-12/h3-4,8-9,16H,1-2,5-7,10-11H2/t14-/m1/s1. The first-order chi connectivity index (χ1) is 8.80. The molecule has 1 aromatic rings. The summed E-state index contributed by atoms with van der Waals surface area (Å²) in [6.07, 6.45) is 7.59. The molecule has 2 aliphatic rings. The molecule has 0 bridgehead atoms. The van der Waals surface area contributed by atoms with E-state index in [1.54, 1.807) is 12.4 Å². The number of aromatic nitrogens is 1. The van der Waals surface area contributed by atoms with Crippen molar-refractivity contribution in [2.45, 2.75) is 37.8 Å².